The highest BCUT2D eigenvalue weighted by Gasteiger charge is 2.28. The fourth-order valence-corrected chi connectivity index (χ4v) is 5.12. The number of fused-ring (bicyclic) bond motifs is 1. The van der Waals surface area contributed by atoms with Crippen LogP contribution in [0.15, 0.2) is 48.5 Å². The topological polar surface area (TPSA) is 65.1 Å². The maximum atomic E-state index is 13.6. The number of rotatable bonds is 4. The Labute approximate surface area is 209 Å². The van der Waals surface area contributed by atoms with Crippen LogP contribution < -0.4 is 15.0 Å². The lowest BCUT2D eigenvalue weighted by molar-refractivity contribution is -0.135. The molecule has 0 bridgehead atoms. The molecular formula is C28H38N4O3. The van der Waals surface area contributed by atoms with E-state index in [1.54, 1.807) is 14.0 Å². The monoisotopic (exact) mass is 478 g/mol. The van der Waals surface area contributed by atoms with Crippen LogP contribution in [0.3, 0.4) is 0 Å². The summed E-state index contributed by atoms with van der Waals surface area (Å²) < 4.78 is 5.41. The second-order valence-electron chi connectivity index (χ2n) is 9.54. The molecule has 0 radical (unpaired) electrons. The van der Waals surface area contributed by atoms with Crippen LogP contribution in [0.4, 0.5) is 5.69 Å². The standard InChI is InChI=1S/C28H38N4O3/c1-22(33)32-16-8-15-30(20-23-9-7-11-25(19-23)35-2)17-18-31(21-24-10-3-4-13-27(24)32)28(34)26-12-5-6-14-29-26/h3-4,7,9-11,13,19,26,29H,5-6,8,12,14-18,20-21H2,1-2H3/t26-/m0/s1. The summed E-state index contributed by atoms with van der Waals surface area (Å²) in [6.45, 7) is 6.71. The third-order valence-corrected chi connectivity index (χ3v) is 7.03. The Balaban J connectivity index is 1.60. The lowest BCUT2D eigenvalue weighted by Crippen LogP contribution is -2.50. The lowest BCUT2D eigenvalue weighted by atomic mass is 10.0. The third-order valence-electron chi connectivity index (χ3n) is 7.03. The maximum Gasteiger partial charge on any atom is 0.240 e. The number of amides is 2. The minimum Gasteiger partial charge on any atom is -0.497 e. The van der Waals surface area contributed by atoms with Gasteiger partial charge in [0.25, 0.3) is 0 Å². The van der Waals surface area contributed by atoms with Crippen molar-refractivity contribution >= 4 is 17.5 Å². The quantitative estimate of drug-likeness (QED) is 0.730. The van der Waals surface area contributed by atoms with Crippen molar-refractivity contribution in [1.82, 2.24) is 15.1 Å². The van der Waals surface area contributed by atoms with Gasteiger partial charge in [0.2, 0.25) is 11.8 Å². The predicted octanol–water partition coefficient (Wildman–Crippen LogP) is 3.42. The van der Waals surface area contributed by atoms with Crippen molar-refractivity contribution in [2.75, 3.05) is 44.7 Å². The molecule has 0 unspecified atom stereocenters. The summed E-state index contributed by atoms with van der Waals surface area (Å²) in [5, 5.41) is 3.42. The summed E-state index contributed by atoms with van der Waals surface area (Å²) in [5.41, 5.74) is 3.11. The Morgan fingerprint density at radius 2 is 1.86 bits per heavy atom. The van der Waals surface area contributed by atoms with Gasteiger partial charge in [-0.1, -0.05) is 36.8 Å². The van der Waals surface area contributed by atoms with Gasteiger partial charge < -0.3 is 19.9 Å². The molecule has 0 saturated carbocycles. The van der Waals surface area contributed by atoms with E-state index in [-0.39, 0.29) is 17.9 Å². The highest BCUT2D eigenvalue weighted by Crippen LogP contribution is 2.25. The number of hydrogen-bond acceptors (Lipinski definition) is 5. The van der Waals surface area contributed by atoms with Crippen molar-refractivity contribution in [2.45, 2.75) is 51.7 Å². The smallest absolute Gasteiger partial charge is 0.240 e. The van der Waals surface area contributed by atoms with Crippen molar-refractivity contribution in [2.24, 2.45) is 0 Å². The van der Waals surface area contributed by atoms with E-state index >= 15 is 0 Å². The first-order valence-electron chi connectivity index (χ1n) is 12.8. The van der Waals surface area contributed by atoms with E-state index in [0.29, 0.717) is 19.6 Å². The number of hydrogen-bond donors (Lipinski definition) is 1. The predicted molar refractivity (Wildman–Crippen MR) is 138 cm³/mol. The van der Waals surface area contributed by atoms with E-state index in [9.17, 15) is 9.59 Å². The zero-order valence-electron chi connectivity index (χ0n) is 21.0. The highest BCUT2D eigenvalue weighted by molar-refractivity contribution is 5.92. The SMILES string of the molecule is COc1cccc(CN2CCCN(C(C)=O)c3ccccc3CN(C(=O)[C@@H]3CCCCN3)CC2)c1. The Kier molecular flexibility index (Phi) is 8.77. The third kappa shape index (κ3) is 6.61. The molecular weight excluding hydrogens is 440 g/mol. The molecule has 2 aliphatic heterocycles. The average Bonchev–Trinajstić information content (AvgIpc) is 2.92. The van der Waals surface area contributed by atoms with Crippen molar-refractivity contribution in [3.8, 4) is 5.75 Å². The molecule has 0 spiro atoms. The first-order valence-corrected chi connectivity index (χ1v) is 12.8. The van der Waals surface area contributed by atoms with Gasteiger partial charge in [-0.05, 0) is 55.1 Å². The maximum absolute atomic E-state index is 13.6. The second kappa shape index (κ2) is 12.2. The molecule has 2 amide bonds. The van der Waals surface area contributed by atoms with E-state index in [4.69, 9.17) is 4.74 Å². The van der Waals surface area contributed by atoms with Gasteiger partial charge in [-0.25, -0.2) is 0 Å². The molecule has 2 aliphatic rings. The molecule has 1 N–H and O–H groups in total. The largest absolute Gasteiger partial charge is 0.497 e. The van der Waals surface area contributed by atoms with Gasteiger partial charge in [-0.15, -0.1) is 0 Å². The molecule has 0 aliphatic carbocycles. The summed E-state index contributed by atoms with van der Waals surface area (Å²) >= 11 is 0. The Morgan fingerprint density at radius 3 is 2.63 bits per heavy atom. The summed E-state index contributed by atoms with van der Waals surface area (Å²) in [7, 11) is 1.68. The number of para-hydroxylation sites is 1. The molecule has 1 atom stereocenters. The number of methoxy groups -OCH3 is 1. The Hall–Kier alpha value is -2.90. The summed E-state index contributed by atoms with van der Waals surface area (Å²) in [5.74, 6) is 1.04. The first kappa shape index (κ1) is 25.2. The lowest BCUT2D eigenvalue weighted by Gasteiger charge is -2.32. The first-order chi connectivity index (χ1) is 17.0. The van der Waals surface area contributed by atoms with Gasteiger partial charge in [0.05, 0.1) is 13.2 Å². The van der Waals surface area contributed by atoms with Gasteiger partial charge in [0, 0.05) is 51.9 Å². The van der Waals surface area contributed by atoms with Gasteiger partial charge >= 0.3 is 0 Å². The molecule has 4 rings (SSSR count). The van der Waals surface area contributed by atoms with Gasteiger partial charge in [0.15, 0.2) is 0 Å². The summed E-state index contributed by atoms with van der Waals surface area (Å²) in [4.78, 5) is 32.5. The van der Waals surface area contributed by atoms with E-state index in [2.05, 4.69) is 22.3 Å². The number of nitrogens with zero attached hydrogens (tertiary/aromatic N) is 3. The fraction of sp³-hybridized carbons (Fsp3) is 0.500. The van der Waals surface area contributed by atoms with Crippen molar-refractivity contribution in [3.63, 3.8) is 0 Å². The molecule has 1 saturated heterocycles. The van der Waals surface area contributed by atoms with Gasteiger partial charge in [-0.2, -0.15) is 0 Å². The van der Waals surface area contributed by atoms with E-state index < -0.39 is 0 Å². The number of nitrogens with one attached hydrogen (secondary N) is 1. The van der Waals surface area contributed by atoms with Crippen LogP contribution >= 0.6 is 0 Å². The number of anilines is 1. The van der Waals surface area contributed by atoms with Crippen LogP contribution in [0, 0.1) is 0 Å². The Morgan fingerprint density at radius 1 is 1.00 bits per heavy atom. The molecule has 2 aromatic rings. The van der Waals surface area contributed by atoms with Gasteiger partial charge in [0.1, 0.15) is 5.75 Å². The molecule has 0 aromatic heterocycles. The van der Waals surface area contributed by atoms with Crippen molar-refractivity contribution in [1.29, 1.82) is 0 Å². The minimum absolute atomic E-state index is 0.0304. The van der Waals surface area contributed by atoms with E-state index in [1.807, 2.05) is 46.2 Å². The van der Waals surface area contributed by atoms with Crippen LogP contribution in [0.25, 0.3) is 0 Å². The Bertz CT molecular complexity index is 1010. The van der Waals surface area contributed by atoms with Crippen LogP contribution in [-0.4, -0.2) is 67.5 Å². The van der Waals surface area contributed by atoms with E-state index in [1.165, 1.54) is 5.56 Å². The summed E-state index contributed by atoms with van der Waals surface area (Å²) in [6.07, 6.45) is 3.93. The molecule has 7 heteroatoms. The van der Waals surface area contributed by atoms with Crippen LogP contribution in [0.5, 0.6) is 5.75 Å². The molecule has 35 heavy (non-hydrogen) atoms. The van der Waals surface area contributed by atoms with Crippen molar-refractivity contribution < 1.29 is 14.3 Å². The minimum atomic E-state index is -0.128. The molecule has 2 aromatic carbocycles. The molecule has 2 heterocycles. The van der Waals surface area contributed by atoms with Gasteiger partial charge in [-0.3, -0.25) is 14.5 Å². The highest BCUT2D eigenvalue weighted by atomic mass is 16.5. The number of benzene rings is 2. The fourth-order valence-electron chi connectivity index (χ4n) is 5.12. The normalized spacial score (nSPS) is 20.0. The second-order valence-corrected chi connectivity index (χ2v) is 9.54. The number of carbonyl (C=O) groups excluding carboxylic acids is 2. The number of piperidine rings is 1. The van der Waals surface area contributed by atoms with Crippen LogP contribution in [-0.2, 0) is 22.7 Å². The van der Waals surface area contributed by atoms with E-state index in [0.717, 1.165) is 68.9 Å². The molecule has 7 nitrogen and oxygen atoms in total. The zero-order valence-corrected chi connectivity index (χ0v) is 21.0. The van der Waals surface area contributed by atoms with Crippen molar-refractivity contribution in [3.05, 3.63) is 59.7 Å². The number of carbonyl (C=O) groups is 2. The summed E-state index contributed by atoms with van der Waals surface area (Å²) in [6, 6.07) is 16.0. The van der Waals surface area contributed by atoms with Crippen LogP contribution in [0.1, 0.15) is 43.7 Å². The average molecular weight is 479 g/mol. The molecule has 1 fully saturated rings. The number of ether oxygens (including phenoxy) is 1. The molecule has 188 valence electrons. The van der Waals surface area contributed by atoms with Crippen LogP contribution in [0.2, 0.25) is 0 Å². The zero-order chi connectivity index (χ0) is 24.6.